The third kappa shape index (κ3) is 5.18. The SMILES string of the molecule is Cc1cc(CSc2ncccc2C(=O)OCC(=O)c2ccc(Cl)cc2)no1. The summed E-state index contributed by atoms with van der Waals surface area (Å²) in [4.78, 5) is 28.7. The first-order valence-electron chi connectivity index (χ1n) is 7.99. The fraction of sp³-hybridized carbons (Fsp3) is 0.158. The maximum absolute atomic E-state index is 12.4. The number of aromatic nitrogens is 2. The normalized spacial score (nSPS) is 10.6. The van der Waals surface area contributed by atoms with E-state index >= 15 is 0 Å². The fourth-order valence-electron chi connectivity index (χ4n) is 2.22. The molecule has 0 atom stereocenters. The average molecular weight is 403 g/mol. The minimum atomic E-state index is -0.607. The van der Waals surface area contributed by atoms with Crippen molar-refractivity contribution in [3.8, 4) is 0 Å². The van der Waals surface area contributed by atoms with Crippen LogP contribution in [0.3, 0.4) is 0 Å². The number of hydrogen-bond acceptors (Lipinski definition) is 7. The van der Waals surface area contributed by atoms with E-state index in [0.717, 1.165) is 5.69 Å². The zero-order valence-corrected chi connectivity index (χ0v) is 15.9. The van der Waals surface area contributed by atoms with E-state index in [1.165, 1.54) is 11.8 Å². The van der Waals surface area contributed by atoms with Crippen LogP contribution in [-0.4, -0.2) is 28.5 Å². The van der Waals surface area contributed by atoms with Crippen molar-refractivity contribution in [2.45, 2.75) is 17.7 Å². The average Bonchev–Trinajstić information content (AvgIpc) is 3.10. The molecule has 8 heteroatoms. The monoisotopic (exact) mass is 402 g/mol. The van der Waals surface area contributed by atoms with Crippen molar-refractivity contribution in [3.05, 3.63) is 76.3 Å². The number of benzene rings is 1. The molecule has 0 radical (unpaired) electrons. The number of hydrogen-bond donors (Lipinski definition) is 0. The molecular weight excluding hydrogens is 388 g/mol. The molecule has 6 nitrogen and oxygen atoms in total. The van der Waals surface area contributed by atoms with Crippen LogP contribution >= 0.6 is 23.4 Å². The second kappa shape index (κ2) is 8.83. The zero-order chi connectivity index (χ0) is 19.2. The second-order valence-corrected chi connectivity index (χ2v) is 6.98. The van der Waals surface area contributed by atoms with Crippen LogP contribution in [0.5, 0.6) is 0 Å². The van der Waals surface area contributed by atoms with E-state index in [1.807, 2.05) is 13.0 Å². The number of halogens is 1. The maximum atomic E-state index is 12.4. The van der Waals surface area contributed by atoms with E-state index < -0.39 is 5.97 Å². The quantitative estimate of drug-likeness (QED) is 0.330. The van der Waals surface area contributed by atoms with Gasteiger partial charge < -0.3 is 9.26 Å². The van der Waals surface area contributed by atoms with Gasteiger partial charge >= 0.3 is 5.97 Å². The number of pyridine rings is 1. The molecule has 0 N–H and O–H groups in total. The second-order valence-electron chi connectivity index (χ2n) is 5.58. The first-order valence-corrected chi connectivity index (χ1v) is 9.35. The summed E-state index contributed by atoms with van der Waals surface area (Å²) in [5.74, 6) is 0.297. The lowest BCUT2D eigenvalue weighted by Gasteiger charge is -2.08. The maximum Gasteiger partial charge on any atom is 0.341 e. The highest BCUT2D eigenvalue weighted by molar-refractivity contribution is 7.98. The summed E-state index contributed by atoms with van der Waals surface area (Å²) in [5, 5.41) is 4.94. The number of esters is 1. The molecule has 2 aromatic heterocycles. The summed E-state index contributed by atoms with van der Waals surface area (Å²) >= 11 is 7.14. The summed E-state index contributed by atoms with van der Waals surface area (Å²) in [5.41, 5.74) is 1.47. The smallest absolute Gasteiger partial charge is 0.341 e. The van der Waals surface area contributed by atoms with E-state index in [1.54, 1.807) is 42.6 Å². The molecule has 0 aliphatic heterocycles. The van der Waals surface area contributed by atoms with Crippen LogP contribution in [0.2, 0.25) is 5.02 Å². The van der Waals surface area contributed by atoms with Crippen LogP contribution in [0.25, 0.3) is 0 Å². The molecule has 3 aromatic rings. The predicted molar refractivity (Wildman–Crippen MR) is 101 cm³/mol. The lowest BCUT2D eigenvalue weighted by Crippen LogP contribution is -2.15. The third-order valence-corrected chi connectivity index (χ3v) is 4.82. The number of ketones is 1. The van der Waals surface area contributed by atoms with Crippen LogP contribution in [0.1, 0.15) is 32.2 Å². The molecule has 0 aliphatic carbocycles. The molecule has 3 rings (SSSR count). The van der Waals surface area contributed by atoms with Crippen molar-refractivity contribution in [1.82, 2.24) is 10.1 Å². The Bertz CT molecular complexity index is 956. The minimum absolute atomic E-state index is 0.298. The minimum Gasteiger partial charge on any atom is -0.454 e. The van der Waals surface area contributed by atoms with Gasteiger partial charge in [-0.1, -0.05) is 28.5 Å². The van der Waals surface area contributed by atoms with Gasteiger partial charge in [-0.25, -0.2) is 9.78 Å². The number of ether oxygens (including phenoxy) is 1. The number of thioether (sulfide) groups is 1. The number of nitrogens with zero attached hydrogens (tertiary/aromatic N) is 2. The Morgan fingerprint density at radius 2 is 2.00 bits per heavy atom. The highest BCUT2D eigenvalue weighted by Gasteiger charge is 2.17. The number of carbonyl (C=O) groups is 2. The topological polar surface area (TPSA) is 82.3 Å². The number of rotatable bonds is 7. The van der Waals surface area contributed by atoms with Gasteiger partial charge in [0.1, 0.15) is 10.8 Å². The van der Waals surface area contributed by atoms with Crippen molar-refractivity contribution >= 4 is 35.1 Å². The van der Waals surface area contributed by atoms with E-state index in [0.29, 0.717) is 32.7 Å². The van der Waals surface area contributed by atoms with Gasteiger partial charge in [0.2, 0.25) is 0 Å². The Morgan fingerprint density at radius 3 is 2.70 bits per heavy atom. The lowest BCUT2D eigenvalue weighted by atomic mass is 10.1. The van der Waals surface area contributed by atoms with Crippen molar-refractivity contribution in [2.75, 3.05) is 6.61 Å². The third-order valence-electron chi connectivity index (χ3n) is 3.53. The fourth-order valence-corrected chi connectivity index (χ4v) is 3.21. The number of carbonyl (C=O) groups excluding carboxylic acids is 2. The molecule has 0 unspecified atom stereocenters. The lowest BCUT2D eigenvalue weighted by molar-refractivity contribution is 0.0470. The molecule has 0 fully saturated rings. The molecule has 138 valence electrons. The van der Waals surface area contributed by atoms with Crippen molar-refractivity contribution in [2.24, 2.45) is 0 Å². The van der Waals surface area contributed by atoms with E-state index in [2.05, 4.69) is 10.1 Å². The molecule has 0 bridgehead atoms. The Morgan fingerprint density at radius 1 is 1.22 bits per heavy atom. The predicted octanol–water partition coefficient (Wildman–Crippen LogP) is 4.36. The summed E-state index contributed by atoms with van der Waals surface area (Å²) in [6.45, 7) is 1.45. The van der Waals surface area contributed by atoms with Gasteiger partial charge in [-0.15, -0.1) is 0 Å². The van der Waals surface area contributed by atoms with Gasteiger partial charge in [0, 0.05) is 28.6 Å². The Kier molecular flexibility index (Phi) is 6.26. The molecular formula is C19H15ClN2O4S. The molecule has 0 amide bonds. The summed E-state index contributed by atoms with van der Waals surface area (Å²) < 4.78 is 10.2. The first kappa shape index (κ1) is 19.1. The highest BCUT2D eigenvalue weighted by atomic mass is 35.5. The van der Waals surface area contributed by atoms with Crippen LogP contribution < -0.4 is 0 Å². The van der Waals surface area contributed by atoms with Crippen LogP contribution in [-0.2, 0) is 10.5 Å². The number of Topliss-reactive ketones (excluding diaryl/α,β-unsaturated/α-hetero) is 1. The largest absolute Gasteiger partial charge is 0.454 e. The molecule has 0 spiro atoms. The highest BCUT2D eigenvalue weighted by Crippen LogP contribution is 2.24. The van der Waals surface area contributed by atoms with Gasteiger partial charge in [0.05, 0.1) is 11.3 Å². The van der Waals surface area contributed by atoms with Crippen LogP contribution in [0.4, 0.5) is 0 Å². The molecule has 0 saturated carbocycles. The summed E-state index contributed by atoms with van der Waals surface area (Å²) in [6.07, 6.45) is 1.59. The number of aryl methyl sites for hydroxylation is 1. The van der Waals surface area contributed by atoms with Crippen molar-refractivity contribution < 1.29 is 18.8 Å². The molecule has 2 heterocycles. The summed E-state index contributed by atoms with van der Waals surface area (Å²) in [6, 6.07) is 11.5. The van der Waals surface area contributed by atoms with E-state index in [4.69, 9.17) is 20.9 Å². The Labute approximate surface area is 164 Å². The standard InChI is InChI=1S/C19H15ClN2O4S/c1-12-9-15(22-26-12)11-27-18-16(3-2-8-21-18)19(24)25-10-17(23)13-4-6-14(20)7-5-13/h2-9H,10-11H2,1H3. The molecule has 1 aromatic carbocycles. The Hall–Kier alpha value is -2.64. The van der Waals surface area contributed by atoms with Gasteiger partial charge in [-0.3, -0.25) is 4.79 Å². The zero-order valence-electron chi connectivity index (χ0n) is 14.3. The van der Waals surface area contributed by atoms with Crippen molar-refractivity contribution in [3.63, 3.8) is 0 Å². The van der Waals surface area contributed by atoms with Crippen LogP contribution in [0.15, 0.2) is 58.2 Å². The van der Waals surface area contributed by atoms with Gasteiger partial charge in [-0.2, -0.15) is 0 Å². The van der Waals surface area contributed by atoms with Crippen molar-refractivity contribution in [1.29, 1.82) is 0 Å². The molecule has 0 aliphatic rings. The first-order chi connectivity index (χ1) is 13.0. The van der Waals surface area contributed by atoms with Crippen LogP contribution in [0, 0.1) is 6.92 Å². The molecule has 27 heavy (non-hydrogen) atoms. The Balaban J connectivity index is 1.62. The molecule has 0 saturated heterocycles. The summed E-state index contributed by atoms with van der Waals surface area (Å²) in [7, 11) is 0. The van der Waals surface area contributed by atoms with Gasteiger partial charge in [0.25, 0.3) is 0 Å². The van der Waals surface area contributed by atoms with Gasteiger partial charge in [-0.05, 0) is 43.3 Å². The van der Waals surface area contributed by atoms with E-state index in [9.17, 15) is 9.59 Å². The van der Waals surface area contributed by atoms with Gasteiger partial charge in [0.15, 0.2) is 12.4 Å². The van der Waals surface area contributed by atoms with E-state index in [-0.39, 0.29) is 12.4 Å².